The quantitative estimate of drug-likeness (QED) is 0.443. The van der Waals surface area contributed by atoms with Crippen molar-refractivity contribution in [3.63, 3.8) is 0 Å². The standard InChI is InChI=1S/C20H18BrNO2S2/c1-3-22-19(23)18(26-20(22)25)11-15-10-16(21)7-8-17(15)24-12-14-6-4-5-13(2)9-14/h4-11H,3,12H2,1-2H3/b18-11-. The third-order valence-electron chi connectivity index (χ3n) is 3.93. The molecule has 26 heavy (non-hydrogen) atoms. The first-order chi connectivity index (χ1) is 12.5. The third kappa shape index (κ3) is 4.37. The lowest BCUT2D eigenvalue weighted by Gasteiger charge is -2.11. The van der Waals surface area contributed by atoms with Crippen LogP contribution in [0.2, 0.25) is 0 Å². The Kier molecular flexibility index (Phi) is 6.16. The van der Waals surface area contributed by atoms with Gasteiger partial charge in [-0.3, -0.25) is 9.69 Å². The first-order valence-corrected chi connectivity index (χ1v) is 10.2. The summed E-state index contributed by atoms with van der Waals surface area (Å²) in [4.78, 5) is 14.7. The molecule has 0 bridgehead atoms. The normalized spacial score (nSPS) is 15.8. The molecule has 0 radical (unpaired) electrons. The van der Waals surface area contributed by atoms with Crippen LogP contribution in [0.1, 0.15) is 23.6 Å². The summed E-state index contributed by atoms with van der Waals surface area (Å²) in [5.41, 5.74) is 3.16. The second-order valence-electron chi connectivity index (χ2n) is 5.89. The van der Waals surface area contributed by atoms with Gasteiger partial charge in [0, 0.05) is 16.6 Å². The summed E-state index contributed by atoms with van der Waals surface area (Å²) >= 11 is 10.1. The van der Waals surface area contributed by atoms with Gasteiger partial charge in [0.15, 0.2) is 0 Å². The smallest absolute Gasteiger partial charge is 0.266 e. The number of thiocarbonyl (C=S) groups is 1. The van der Waals surface area contributed by atoms with Crippen LogP contribution in [0.4, 0.5) is 0 Å². The van der Waals surface area contributed by atoms with Crippen LogP contribution >= 0.6 is 39.9 Å². The molecule has 0 N–H and O–H groups in total. The number of carbonyl (C=O) groups is 1. The van der Waals surface area contributed by atoms with Crippen molar-refractivity contribution in [2.75, 3.05) is 6.54 Å². The van der Waals surface area contributed by atoms with Gasteiger partial charge in [0.2, 0.25) is 0 Å². The van der Waals surface area contributed by atoms with Crippen LogP contribution in [0.25, 0.3) is 6.08 Å². The number of likely N-dealkylation sites (N-methyl/N-ethyl adjacent to an activating group) is 1. The van der Waals surface area contributed by atoms with Crippen LogP contribution in [-0.4, -0.2) is 21.7 Å². The van der Waals surface area contributed by atoms with Crippen molar-refractivity contribution in [3.05, 3.63) is 68.5 Å². The predicted molar refractivity (Wildman–Crippen MR) is 115 cm³/mol. The van der Waals surface area contributed by atoms with Crippen LogP contribution in [0.3, 0.4) is 0 Å². The van der Waals surface area contributed by atoms with Gasteiger partial charge in [0.05, 0.1) is 4.91 Å². The number of hydrogen-bond donors (Lipinski definition) is 0. The number of nitrogens with zero attached hydrogens (tertiary/aromatic N) is 1. The van der Waals surface area contributed by atoms with Crippen LogP contribution in [0.15, 0.2) is 51.8 Å². The molecule has 0 aromatic heterocycles. The Morgan fingerprint density at radius 2 is 2.08 bits per heavy atom. The maximum atomic E-state index is 12.5. The van der Waals surface area contributed by atoms with Gasteiger partial charge >= 0.3 is 0 Å². The number of ether oxygens (including phenoxy) is 1. The van der Waals surface area contributed by atoms with Crippen molar-refractivity contribution >= 4 is 56.2 Å². The van der Waals surface area contributed by atoms with Crippen molar-refractivity contribution in [2.45, 2.75) is 20.5 Å². The largest absolute Gasteiger partial charge is 0.488 e. The molecule has 0 atom stereocenters. The van der Waals surface area contributed by atoms with Crippen molar-refractivity contribution in [2.24, 2.45) is 0 Å². The Morgan fingerprint density at radius 1 is 1.27 bits per heavy atom. The molecule has 1 fully saturated rings. The minimum atomic E-state index is -0.0490. The van der Waals surface area contributed by atoms with E-state index in [4.69, 9.17) is 17.0 Å². The number of aryl methyl sites for hydroxylation is 1. The van der Waals surface area contributed by atoms with Gasteiger partial charge in [0.1, 0.15) is 16.7 Å². The minimum absolute atomic E-state index is 0.0490. The first kappa shape index (κ1) is 19.1. The molecule has 134 valence electrons. The van der Waals surface area contributed by atoms with Gasteiger partial charge in [-0.1, -0.05) is 69.7 Å². The van der Waals surface area contributed by atoms with E-state index >= 15 is 0 Å². The van der Waals surface area contributed by atoms with E-state index in [9.17, 15) is 4.79 Å². The molecule has 1 heterocycles. The summed E-state index contributed by atoms with van der Waals surface area (Å²) in [6, 6.07) is 14.0. The molecule has 6 heteroatoms. The summed E-state index contributed by atoms with van der Waals surface area (Å²) < 4.78 is 7.55. The summed E-state index contributed by atoms with van der Waals surface area (Å²) in [7, 11) is 0. The molecular weight excluding hydrogens is 430 g/mol. The van der Waals surface area contributed by atoms with Crippen LogP contribution < -0.4 is 4.74 Å². The zero-order chi connectivity index (χ0) is 18.7. The molecule has 0 saturated carbocycles. The predicted octanol–water partition coefficient (Wildman–Crippen LogP) is 5.56. The second kappa shape index (κ2) is 8.37. The number of halogens is 1. The van der Waals surface area contributed by atoms with Gasteiger partial charge in [-0.05, 0) is 43.7 Å². The number of amides is 1. The summed E-state index contributed by atoms with van der Waals surface area (Å²) in [6.45, 7) is 5.03. The summed E-state index contributed by atoms with van der Waals surface area (Å²) in [5.74, 6) is 0.684. The molecule has 2 aromatic rings. The Balaban J connectivity index is 1.86. The van der Waals surface area contributed by atoms with Gasteiger partial charge in [-0.2, -0.15) is 0 Å². The second-order valence-corrected chi connectivity index (χ2v) is 8.48. The van der Waals surface area contributed by atoms with Crippen LogP contribution in [-0.2, 0) is 11.4 Å². The first-order valence-electron chi connectivity index (χ1n) is 8.21. The van der Waals surface area contributed by atoms with E-state index in [1.54, 1.807) is 4.90 Å². The van der Waals surface area contributed by atoms with Gasteiger partial charge in [0.25, 0.3) is 5.91 Å². The highest BCUT2D eigenvalue weighted by Gasteiger charge is 2.30. The zero-order valence-corrected chi connectivity index (χ0v) is 17.7. The Morgan fingerprint density at radius 3 is 2.77 bits per heavy atom. The van der Waals surface area contributed by atoms with E-state index in [0.29, 0.717) is 22.4 Å². The maximum absolute atomic E-state index is 12.5. The molecule has 1 aliphatic heterocycles. The Hall–Kier alpha value is -1.63. The van der Waals surface area contributed by atoms with Crippen molar-refractivity contribution in [1.82, 2.24) is 4.90 Å². The average Bonchev–Trinajstić information content (AvgIpc) is 2.87. The van der Waals surface area contributed by atoms with Crippen molar-refractivity contribution < 1.29 is 9.53 Å². The number of hydrogen-bond acceptors (Lipinski definition) is 4. The average molecular weight is 448 g/mol. The fraction of sp³-hybridized carbons (Fsp3) is 0.200. The molecule has 0 spiro atoms. The number of rotatable bonds is 5. The van der Waals surface area contributed by atoms with E-state index < -0.39 is 0 Å². The fourth-order valence-corrected chi connectivity index (χ4v) is 4.39. The Bertz CT molecular complexity index is 895. The molecule has 3 nitrogen and oxygen atoms in total. The van der Waals surface area contributed by atoms with E-state index in [1.165, 1.54) is 17.3 Å². The number of benzene rings is 2. The van der Waals surface area contributed by atoms with E-state index in [-0.39, 0.29) is 5.91 Å². The van der Waals surface area contributed by atoms with Crippen LogP contribution in [0.5, 0.6) is 5.75 Å². The third-order valence-corrected chi connectivity index (χ3v) is 5.80. The van der Waals surface area contributed by atoms with Crippen LogP contribution in [0, 0.1) is 6.92 Å². The highest BCUT2D eigenvalue weighted by Crippen LogP contribution is 2.35. The molecule has 1 aliphatic rings. The van der Waals surface area contributed by atoms with Gasteiger partial charge in [-0.25, -0.2) is 0 Å². The lowest BCUT2D eigenvalue weighted by molar-refractivity contribution is -0.121. The topological polar surface area (TPSA) is 29.5 Å². The maximum Gasteiger partial charge on any atom is 0.266 e. The highest BCUT2D eigenvalue weighted by molar-refractivity contribution is 9.10. The fourth-order valence-electron chi connectivity index (χ4n) is 2.64. The van der Waals surface area contributed by atoms with E-state index in [1.807, 2.05) is 43.3 Å². The van der Waals surface area contributed by atoms with Gasteiger partial charge < -0.3 is 4.74 Å². The lowest BCUT2D eigenvalue weighted by atomic mass is 10.1. The number of thioether (sulfide) groups is 1. The summed E-state index contributed by atoms with van der Waals surface area (Å²) in [6.07, 6.45) is 1.85. The molecule has 2 aromatic carbocycles. The number of carbonyl (C=O) groups excluding carboxylic acids is 1. The molecular formula is C20H18BrNO2S2. The SMILES string of the molecule is CCN1C(=O)/C(=C/c2cc(Br)ccc2OCc2cccc(C)c2)SC1=S. The van der Waals surface area contributed by atoms with E-state index in [0.717, 1.165) is 21.3 Å². The van der Waals surface area contributed by atoms with E-state index in [2.05, 4.69) is 35.0 Å². The van der Waals surface area contributed by atoms with Crippen molar-refractivity contribution in [3.8, 4) is 5.75 Å². The molecule has 3 rings (SSSR count). The molecule has 1 saturated heterocycles. The lowest BCUT2D eigenvalue weighted by Crippen LogP contribution is -2.27. The van der Waals surface area contributed by atoms with Gasteiger partial charge in [-0.15, -0.1) is 0 Å². The summed E-state index contributed by atoms with van der Waals surface area (Å²) in [5, 5.41) is 0. The monoisotopic (exact) mass is 447 g/mol. The molecule has 1 amide bonds. The minimum Gasteiger partial charge on any atom is -0.488 e. The Labute approximate surface area is 171 Å². The zero-order valence-electron chi connectivity index (χ0n) is 14.5. The van der Waals surface area contributed by atoms with Crippen molar-refractivity contribution in [1.29, 1.82) is 0 Å². The molecule has 0 unspecified atom stereocenters. The highest BCUT2D eigenvalue weighted by atomic mass is 79.9. The molecule has 0 aliphatic carbocycles.